The fourth-order valence-electron chi connectivity index (χ4n) is 2.18. The maximum atomic E-state index is 8.78. The molecule has 11 heavy (non-hydrogen) atoms. The van der Waals surface area contributed by atoms with E-state index in [0.717, 1.165) is 5.92 Å². The van der Waals surface area contributed by atoms with Crippen LogP contribution < -0.4 is 0 Å². The summed E-state index contributed by atoms with van der Waals surface area (Å²) in [7, 11) is 0. The third-order valence-corrected chi connectivity index (χ3v) is 2.92. The van der Waals surface area contributed by atoms with Crippen molar-refractivity contribution in [3.05, 3.63) is 0 Å². The number of ether oxygens (including phenoxy) is 1. The van der Waals surface area contributed by atoms with Gasteiger partial charge < -0.3 is 9.84 Å². The molecule has 2 rings (SSSR count). The van der Waals surface area contributed by atoms with Gasteiger partial charge in [0.15, 0.2) is 0 Å². The third-order valence-electron chi connectivity index (χ3n) is 2.92. The zero-order valence-electron chi connectivity index (χ0n) is 6.83. The molecule has 1 saturated carbocycles. The fraction of sp³-hybridized carbons (Fsp3) is 1.00. The third kappa shape index (κ3) is 1.57. The molecule has 0 aromatic rings. The van der Waals surface area contributed by atoms with Crippen LogP contribution in [0.2, 0.25) is 0 Å². The van der Waals surface area contributed by atoms with Crippen LogP contribution in [0.3, 0.4) is 0 Å². The van der Waals surface area contributed by atoms with Gasteiger partial charge in [0.2, 0.25) is 0 Å². The first kappa shape index (κ1) is 7.56. The van der Waals surface area contributed by atoms with Crippen LogP contribution in [0, 0.1) is 5.92 Å². The molecular formula is C9H16O2. The van der Waals surface area contributed by atoms with E-state index in [0.29, 0.717) is 6.10 Å². The van der Waals surface area contributed by atoms with Gasteiger partial charge in [-0.05, 0) is 18.8 Å². The lowest BCUT2D eigenvalue weighted by molar-refractivity contribution is 0.232. The Morgan fingerprint density at radius 1 is 1.18 bits per heavy atom. The lowest BCUT2D eigenvalue weighted by Gasteiger charge is -2.19. The molecule has 0 aromatic heterocycles. The van der Waals surface area contributed by atoms with E-state index in [1.54, 1.807) is 0 Å². The van der Waals surface area contributed by atoms with Gasteiger partial charge in [0.1, 0.15) is 6.10 Å². The van der Waals surface area contributed by atoms with Crippen molar-refractivity contribution in [3.63, 3.8) is 0 Å². The number of aliphatic hydroxyl groups is 1. The predicted octanol–water partition coefficient (Wildman–Crippen LogP) is 1.33. The molecule has 2 aliphatic rings. The SMILES string of the molecule is OCC1O[C@H]1C1CCCCC1. The Balaban J connectivity index is 1.77. The number of epoxide rings is 1. The van der Waals surface area contributed by atoms with Gasteiger partial charge in [-0.2, -0.15) is 0 Å². The minimum atomic E-state index is 0.193. The summed E-state index contributed by atoms with van der Waals surface area (Å²) in [5.41, 5.74) is 0. The Hall–Kier alpha value is -0.0800. The van der Waals surface area contributed by atoms with E-state index in [1.807, 2.05) is 0 Å². The lowest BCUT2D eigenvalue weighted by Crippen LogP contribution is -2.15. The Kier molecular flexibility index (Phi) is 2.14. The van der Waals surface area contributed by atoms with Crippen LogP contribution in [0.4, 0.5) is 0 Å². The first-order valence-corrected chi connectivity index (χ1v) is 4.68. The van der Waals surface area contributed by atoms with Crippen LogP contribution in [-0.4, -0.2) is 23.9 Å². The molecule has 0 spiro atoms. The van der Waals surface area contributed by atoms with E-state index in [9.17, 15) is 0 Å². The molecule has 0 aromatic carbocycles. The lowest BCUT2D eigenvalue weighted by atomic mass is 9.86. The molecule has 1 aliphatic heterocycles. The highest BCUT2D eigenvalue weighted by Gasteiger charge is 2.43. The van der Waals surface area contributed by atoms with Crippen LogP contribution in [0.25, 0.3) is 0 Å². The van der Waals surface area contributed by atoms with E-state index in [2.05, 4.69) is 0 Å². The van der Waals surface area contributed by atoms with Crippen molar-refractivity contribution in [2.75, 3.05) is 6.61 Å². The second-order valence-corrected chi connectivity index (χ2v) is 3.72. The molecule has 0 radical (unpaired) electrons. The van der Waals surface area contributed by atoms with Gasteiger partial charge in [0.25, 0.3) is 0 Å². The van der Waals surface area contributed by atoms with Crippen molar-refractivity contribution in [1.82, 2.24) is 0 Å². The summed E-state index contributed by atoms with van der Waals surface area (Å²) in [6, 6.07) is 0. The Bertz CT molecular complexity index is 130. The van der Waals surface area contributed by atoms with Gasteiger partial charge in [-0.15, -0.1) is 0 Å². The van der Waals surface area contributed by atoms with Crippen molar-refractivity contribution >= 4 is 0 Å². The number of rotatable bonds is 2. The molecule has 64 valence electrons. The van der Waals surface area contributed by atoms with Crippen molar-refractivity contribution in [1.29, 1.82) is 0 Å². The standard InChI is InChI=1S/C9H16O2/c10-6-8-9(11-8)7-4-2-1-3-5-7/h7-10H,1-6H2/t8?,9-/m0/s1. The van der Waals surface area contributed by atoms with Gasteiger partial charge in [0, 0.05) is 0 Å². The highest BCUT2D eigenvalue weighted by Crippen LogP contribution is 2.37. The molecule has 1 unspecified atom stereocenters. The predicted molar refractivity (Wildman–Crippen MR) is 42.3 cm³/mol. The number of hydrogen-bond donors (Lipinski definition) is 1. The van der Waals surface area contributed by atoms with Crippen molar-refractivity contribution < 1.29 is 9.84 Å². The normalized spacial score (nSPS) is 39.0. The first-order valence-electron chi connectivity index (χ1n) is 4.68. The minimum Gasteiger partial charge on any atom is -0.394 e. The fourth-order valence-corrected chi connectivity index (χ4v) is 2.18. The van der Waals surface area contributed by atoms with Crippen molar-refractivity contribution in [2.45, 2.75) is 44.3 Å². The van der Waals surface area contributed by atoms with E-state index in [-0.39, 0.29) is 12.7 Å². The molecule has 1 saturated heterocycles. The topological polar surface area (TPSA) is 32.8 Å². The molecular weight excluding hydrogens is 140 g/mol. The van der Waals surface area contributed by atoms with Crippen molar-refractivity contribution in [2.24, 2.45) is 5.92 Å². The quantitative estimate of drug-likeness (QED) is 0.612. The minimum absolute atomic E-state index is 0.193. The summed E-state index contributed by atoms with van der Waals surface area (Å²) in [6.07, 6.45) is 7.37. The second-order valence-electron chi connectivity index (χ2n) is 3.72. The molecule has 0 bridgehead atoms. The maximum Gasteiger partial charge on any atom is 0.107 e. The summed E-state index contributed by atoms with van der Waals surface area (Å²) in [4.78, 5) is 0. The van der Waals surface area contributed by atoms with E-state index < -0.39 is 0 Å². The molecule has 2 fully saturated rings. The zero-order chi connectivity index (χ0) is 7.68. The number of aliphatic hydroxyl groups excluding tert-OH is 1. The molecule has 0 amide bonds. The van der Waals surface area contributed by atoms with E-state index >= 15 is 0 Å². The summed E-state index contributed by atoms with van der Waals surface area (Å²) in [6.45, 7) is 0.223. The van der Waals surface area contributed by atoms with Crippen LogP contribution in [0.15, 0.2) is 0 Å². The van der Waals surface area contributed by atoms with Gasteiger partial charge in [-0.25, -0.2) is 0 Å². The van der Waals surface area contributed by atoms with Crippen LogP contribution in [-0.2, 0) is 4.74 Å². The van der Waals surface area contributed by atoms with Gasteiger partial charge >= 0.3 is 0 Å². The average Bonchev–Trinajstić information content (AvgIpc) is 2.85. The highest BCUT2D eigenvalue weighted by atomic mass is 16.6. The Labute approximate surface area is 67.6 Å². The summed E-state index contributed by atoms with van der Waals surface area (Å²) >= 11 is 0. The van der Waals surface area contributed by atoms with Gasteiger partial charge in [0.05, 0.1) is 12.7 Å². The Morgan fingerprint density at radius 3 is 2.45 bits per heavy atom. The zero-order valence-corrected chi connectivity index (χ0v) is 6.83. The number of hydrogen-bond acceptors (Lipinski definition) is 2. The highest BCUT2D eigenvalue weighted by molar-refractivity contribution is 4.90. The van der Waals surface area contributed by atoms with Gasteiger partial charge in [-0.1, -0.05) is 19.3 Å². The maximum absolute atomic E-state index is 8.78. The summed E-state index contributed by atoms with van der Waals surface area (Å²) in [5.74, 6) is 0.765. The summed E-state index contributed by atoms with van der Waals surface area (Å²) in [5, 5.41) is 8.78. The smallest absolute Gasteiger partial charge is 0.107 e. The van der Waals surface area contributed by atoms with Gasteiger partial charge in [-0.3, -0.25) is 0 Å². The molecule has 2 atom stereocenters. The van der Waals surface area contributed by atoms with Crippen molar-refractivity contribution in [3.8, 4) is 0 Å². The molecule has 1 aliphatic carbocycles. The molecule has 2 nitrogen and oxygen atoms in total. The van der Waals surface area contributed by atoms with Crippen LogP contribution in [0.5, 0.6) is 0 Å². The first-order chi connectivity index (χ1) is 5.42. The molecule has 1 N–H and O–H groups in total. The average molecular weight is 156 g/mol. The molecule has 2 heteroatoms. The van der Waals surface area contributed by atoms with E-state index in [4.69, 9.17) is 9.84 Å². The molecule has 1 heterocycles. The largest absolute Gasteiger partial charge is 0.394 e. The Morgan fingerprint density at radius 2 is 1.91 bits per heavy atom. The van der Waals surface area contributed by atoms with Crippen LogP contribution >= 0.6 is 0 Å². The summed E-state index contributed by atoms with van der Waals surface area (Å²) < 4.78 is 5.36. The monoisotopic (exact) mass is 156 g/mol. The van der Waals surface area contributed by atoms with E-state index in [1.165, 1.54) is 32.1 Å². The van der Waals surface area contributed by atoms with Crippen LogP contribution in [0.1, 0.15) is 32.1 Å². The second kappa shape index (κ2) is 3.11.